The number of ether oxygens (including phenoxy) is 1. The van der Waals surface area contributed by atoms with E-state index in [9.17, 15) is 9.90 Å². The van der Waals surface area contributed by atoms with Crippen LogP contribution < -0.4 is 16.2 Å². The van der Waals surface area contributed by atoms with E-state index in [0.717, 1.165) is 16.0 Å². The Morgan fingerprint density at radius 3 is 2.66 bits per heavy atom. The predicted molar refractivity (Wildman–Crippen MR) is 127 cm³/mol. The molecular weight excluding hydrogens is 448 g/mol. The smallest absolute Gasteiger partial charge is 0.422 e. The van der Waals surface area contributed by atoms with Gasteiger partial charge < -0.3 is 9.84 Å². The molecule has 0 saturated carbocycles. The molecule has 0 bridgehead atoms. The molecule has 0 spiro atoms. The maximum atomic E-state index is 11.8. The van der Waals surface area contributed by atoms with Crippen molar-refractivity contribution in [1.29, 1.82) is 0 Å². The van der Waals surface area contributed by atoms with E-state index < -0.39 is 17.4 Å². The highest BCUT2D eigenvalue weighted by atomic mass is 35.5. The van der Waals surface area contributed by atoms with Crippen molar-refractivity contribution in [2.45, 2.75) is 38.6 Å². The van der Waals surface area contributed by atoms with Gasteiger partial charge in [-0.1, -0.05) is 35.9 Å². The summed E-state index contributed by atoms with van der Waals surface area (Å²) in [6.45, 7) is 5.73. The minimum Gasteiger partial charge on any atom is -0.443 e. The van der Waals surface area contributed by atoms with Crippen molar-refractivity contribution >= 4 is 29.0 Å². The van der Waals surface area contributed by atoms with Gasteiger partial charge in [-0.2, -0.15) is 0 Å². The molecule has 1 amide bonds. The van der Waals surface area contributed by atoms with Crippen molar-refractivity contribution in [2.24, 2.45) is 0 Å². The lowest BCUT2D eigenvalue weighted by molar-refractivity contribution is 0.0492. The van der Waals surface area contributed by atoms with E-state index in [1.54, 1.807) is 51.7 Å². The Hall–Kier alpha value is -2.49. The van der Waals surface area contributed by atoms with Crippen LogP contribution in [0.3, 0.4) is 0 Å². The van der Waals surface area contributed by atoms with Crippen molar-refractivity contribution in [3.63, 3.8) is 0 Å². The largest absolute Gasteiger partial charge is 0.443 e. The molecule has 9 heteroatoms. The van der Waals surface area contributed by atoms with Crippen LogP contribution in [0, 0.1) is 0 Å². The Morgan fingerprint density at radius 2 is 2.00 bits per heavy atom. The minimum atomic E-state index is -1.50. The van der Waals surface area contributed by atoms with Crippen LogP contribution in [0.1, 0.15) is 37.5 Å². The number of benzene rings is 2. The molecule has 0 aliphatic carbocycles. The molecule has 0 radical (unpaired) electrons. The number of hydrogen-bond acceptors (Lipinski definition) is 7. The van der Waals surface area contributed by atoms with Gasteiger partial charge in [0.15, 0.2) is 5.72 Å². The molecule has 3 aromatic rings. The summed E-state index contributed by atoms with van der Waals surface area (Å²) in [5.41, 5.74) is 7.97. The highest BCUT2D eigenvalue weighted by Crippen LogP contribution is 2.38. The monoisotopic (exact) mass is 474 g/mol. The third-order valence-electron chi connectivity index (χ3n) is 4.66. The van der Waals surface area contributed by atoms with Crippen molar-refractivity contribution in [3.05, 3.63) is 75.9 Å². The van der Waals surface area contributed by atoms with Gasteiger partial charge in [-0.3, -0.25) is 15.7 Å². The average molecular weight is 475 g/mol. The fourth-order valence-electron chi connectivity index (χ4n) is 3.24. The Labute approximate surface area is 196 Å². The maximum absolute atomic E-state index is 11.8. The number of amides is 1. The van der Waals surface area contributed by atoms with E-state index in [2.05, 4.69) is 21.2 Å². The zero-order chi connectivity index (χ0) is 23.4. The zero-order valence-electron chi connectivity index (χ0n) is 18.4. The molecule has 2 aromatic carbocycles. The molecule has 1 heterocycles. The minimum absolute atomic E-state index is 0.337. The topological polar surface area (TPSA) is 95.5 Å². The van der Waals surface area contributed by atoms with E-state index in [1.165, 1.54) is 11.3 Å². The van der Waals surface area contributed by atoms with Crippen molar-refractivity contribution in [1.82, 2.24) is 21.2 Å². The molecule has 0 aliphatic rings. The van der Waals surface area contributed by atoms with Gasteiger partial charge >= 0.3 is 6.09 Å². The lowest BCUT2D eigenvalue weighted by atomic mass is 9.89. The fourth-order valence-corrected chi connectivity index (χ4v) is 4.08. The van der Waals surface area contributed by atoms with Crippen LogP contribution in [0.2, 0.25) is 5.02 Å². The number of carbonyl (C=O) groups excluding carboxylic acids is 1. The number of carbonyl (C=O) groups is 1. The first-order valence-corrected chi connectivity index (χ1v) is 11.3. The summed E-state index contributed by atoms with van der Waals surface area (Å²) in [7, 11) is 1.69. The number of rotatable bonds is 7. The first kappa shape index (κ1) is 24.2. The van der Waals surface area contributed by atoms with Gasteiger partial charge in [0.1, 0.15) is 5.60 Å². The third-order valence-corrected chi connectivity index (χ3v) is 5.70. The summed E-state index contributed by atoms with van der Waals surface area (Å²) in [4.78, 5) is 16.9. The molecule has 3 rings (SSSR count). The number of hydrogen-bond donors (Lipinski definition) is 4. The second-order valence-corrected chi connectivity index (χ2v) is 9.52. The van der Waals surface area contributed by atoms with Crippen LogP contribution >= 0.6 is 22.9 Å². The molecule has 0 fully saturated rings. The summed E-state index contributed by atoms with van der Waals surface area (Å²) in [5, 5.41) is 15.3. The predicted octanol–water partition coefficient (Wildman–Crippen LogP) is 4.41. The van der Waals surface area contributed by atoms with E-state index in [1.807, 2.05) is 30.3 Å². The second-order valence-electron chi connectivity index (χ2n) is 8.20. The van der Waals surface area contributed by atoms with Gasteiger partial charge in [0.2, 0.25) is 0 Å². The summed E-state index contributed by atoms with van der Waals surface area (Å²) >= 11 is 7.77. The van der Waals surface area contributed by atoms with Crippen LogP contribution in [0.4, 0.5) is 4.79 Å². The molecule has 7 nitrogen and oxygen atoms in total. The number of aromatic nitrogens is 1. The standard InChI is InChI=1S/C23H27ClN4O3S/c1-22(2,3)31-21(29)28-27-12-15-6-5-7-16(10-15)23(30,25-4)19-11-17(24)8-9-18(19)20-13-26-14-32-20/h5-11,13-14,25,27,30H,12H2,1-4H3,(H,28,29). The average Bonchev–Trinajstić information content (AvgIpc) is 3.27. The zero-order valence-corrected chi connectivity index (χ0v) is 20.0. The number of nitrogens with one attached hydrogen (secondary N) is 3. The molecule has 1 aromatic heterocycles. The van der Waals surface area contributed by atoms with Crippen molar-refractivity contribution in [3.8, 4) is 10.4 Å². The highest BCUT2D eigenvalue weighted by Gasteiger charge is 2.33. The Bertz CT molecular complexity index is 1070. The van der Waals surface area contributed by atoms with E-state index in [0.29, 0.717) is 22.7 Å². The molecule has 32 heavy (non-hydrogen) atoms. The van der Waals surface area contributed by atoms with Crippen LogP contribution in [-0.2, 0) is 17.0 Å². The first-order chi connectivity index (χ1) is 15.1. The summed E-state index contributed by atoms with van der Waals surface area (Å²) in [6, 6.07) is 12.9. The van der Waals surface area contributed by atoms with Gasteiger partial charge in [0.05, 0.1) is 10.4 Å². The third kappa shape index (κ3) is 5.85. The lowest BCUT2D eigenvalue weighted by Gasteiger charge is -2.31. The van der Waals surface area contributed by atoms with Gasteiger partial charge in [0, 0.05) is 34.5 Å². The summed E-state index contributed by atoms with van der Waals surface area (Å²) in [6.07, 6.45) is 1.20. The summed E-state index contributed by atoms with van der Waals surface area (Å²) in [5.74, 6) is 0. The number of aliphatic hydroxyl groups is 1. The summed E-state index contributed by atoms with van der Waals surface area (Å²) < 4.78 is 5.21. The van der Waals surface area contributed by atoms with E-state index in [-0.39, 0.29) is 0 Å². The quantitative estimate of drug-likeness (QED) is 0.299. The molecule has 4 N–H and O–H groups in total. The van der Waals surface area contributed by atoms with Crippen LogP contribution in [-0.4, -0.2) is 28.8 Å². The van der Waals surface area contributed by atoms with Crippen molar-refractivity contribution in [2.75, 3.05) is 7.05 Å². The number of nitrogens with zero attached hydrogens (tertiary/aromatic N) is 1. The lowest BCUT2D eigenvalue weighted by Crippen LogP contribution is -2.42. The van der Waals surface area contributed by atoms with Gasteiger partial charge in [0.25, 0.3) is 0 Å². The van der Waals surface area contributed by atoms with Crippen LogP contribution in [0.5, 0.6) is 0 Å². The Morgan fingerprint density at radius 1 is 1.22 bits per heavy atom. The first-order valence-electron chi connectivity index (χ1n) is 10.0. The Kier molecular flexibility index (Phi) is 7.53. The van der Waals surface area contributed by atoms with Crippen molar-refractivity contribution < 1.29 is 14.6 Å². The molecular formula is C23H27ClN4O3S. The maximum Gasteiger partial charge on any atom is 0.422 e. The normalized spacial score (nSPS) is 13.4. The number of halogens is 1. The molecule has 0 aliphatic heterocycles. The SMILES string of the molecule is CNC(O)(c1cccc(CNNC(=O)OC(C)(C)C)c1)c1cc(Cl)ccc1-c1cncs1. The van der Waals surface area contributed by atoms with Gasteiger partial charge in [-0.15, -0.1) is 11.3 Å². The number of thiazole rings is 1. The van der Waals surface area contributed by atoms with Crippen LogP contribution in [0.25, 0.3) is 10.4 Å². The molecule has 1 unspecified atom stereocenters. The molecule has 170 valence electrons. The van der Waals surface area contributed by atoms with Gasteiger partial charge in [-0.05, 0) is 51.6 Å². The molecule has 0 saturated heterocycles. The molecule has 1 atom stereocenters. The highest BCUT2D eigenvalue weighted by molar-refractivity contribution is 7.13. The second kappa shape index (κ2) is 9.97. The van der Waals surface area contributed by atoms with E-state index >= 15 is 0 Å². The van der Waals surface area contributed by atoms with Gasteiger partial charge in [-0.25, -0.2) is 10.2 Å². The van der Waals surface area contributed by atoms with E-state index in [4.69, 9.17) is 16.3 Å². The fraction of sp³-hybridized carbons (Fsp3) is 0.304. The number of hydrazine groups is 1. The Balaban J connectivity index is 1.86. The van der Waals surface area contributed by atoms with Crippen LogP contribution in [0.15, 0.2) is 54.2 Å².